The Hall–Kier alpha value is -1.26. The molecule has 2 nitrogen and oxygen atoms in total. The zero-order chi connectivity index (χ0) is 14.1. The van der Waals surface area contributed by atoms with Gasteiger partial charge in [0.2, 0.25) is 0 Å². The predicted octanol–water partition coefficient (Wildman–Crippen LogP) is 5.04. The molecule has 106 valence electrons. The highest BCUT2D eigenvalue weighted by molar-refractivity contribution is 7.16. The van der Waals surface area contributed by atoms with Crippen LogP contribution in [0.15, 0.2) is 24.3 Å². The number of rotatable bonds is 4. The van der Waals surface area contributed by atoms with Gasteiger partial charge >= 0.3 is 0 Å². The van der Waals surface area contributed by atoms with Gasteiger partial charge in [-0.15, -0.1) is 11.3 Å². The van der Waals surface area contributed by atoms with E-state index in [0.717, 1.165) is 22.9 Å². The zero-order valence-electron chi connectivity index (χ0n) is 11.1. The molecule has 5 heteroatoms. The molecule has 0 fully saturated rings. The van der Waals surface area contributed by atoms with E-state index in [1.807, 2.05) is 13.0 Å². The molecule has 0 aliphatic heterocycles. The fraction of sp³-hybridized carbons (Fsp3) is 0.333. The Morgan fingerprint density at radius 1 is 1.45 bits per heavy atom. The Morgan fingerprint density at radius 2 is 2.30 bits per heavy atom. The van der Waals surface area contributed by atoms with Crippen molar-refractivity contribution in [1.82, 2.24) is 0 Å². The van der Waals surface area contributed by atoms with Gasteiger partial charge in [-0.05, 0) is 43.5 Å². The maximum absolute atomic E-state index is 13.3. The molecule has 20 heavy (non-hydrogen) atoms. The van der Waals surface area contributed by atoms with Gasteiger partial charge in [0.05, 0.1) is 22.7 Å². The van der Waals surface area contributed by atoms with Crippen molar-refractivity contribution < 1.29 is 9.13 Å². The van der Waals surface area contributed by atoms with Gasteiger partial charge in [-0.1, -0.05) is 11.6 Å². The largest absolute Gasteiger partial charge is 0.492 e. The van der Waals surface area contributed by atoms with E-state index in [2.05, 4.69) is 5.32 Å². The van der Waals surface area contributed by atoms with Crippen LogP contribution in [-0.2, 0) is 6.42 Å². The van der Waals surface area contributed by atoms with Crippen LogP contribution >= 0.6 is 22.9 Å². The normalized spacial score (nSPS) is 17.1. The third-order valence-corrected chi connectivity index (χ3v) is 4.76. The Balaban J connectivity index is 1.85. The number of thiophene rings is 1. The van der Waals surface area contributed by atoms with Crippen LogP contribution in [-0.4, -0.2) is 6.61 Å². The number of halogens is 2. The lowest BCUT2D eigenvalue weighted by molar-refractivity contribution is 0.339. The van der Waals surface area contributed by atoms with Crippen LogP contribution in [0.3, 0.4) is 0 Å². The number of benzene rings is 1. The zero-order valence-corrected chi connectivity index (χ0v) is 12.7. The molecular formula is C15H15ClFNOS. The Labute approximate surface area is 126 Å². The predicted molar refractivity (Wildman–Crippen MR) is 81.6 cm³/mol. The first-order valence-corrected chi connectivity index (χ1v) is 7.84. The lowest BCUT2D eigenvalue weighted by Gasteiger charge is -2.17. The summed E-state index contributed by atoms with van der Waals surface area (Å²) in [4.78, 5) is 1.34. The van der Waals surface area contributed by atoms with Gasteiger partial charge < -0.3 is 10.1 Å². The number of anilines is 1. The van der Waals surface area contributed by atoms with Crippen molar-refractivity contribution in [1.29, 1.82) is 0 Å². The summed E-state index contributed by atoms with van der Waals surface area (Å²) >= 11 is 7.71. The third-order valence-electron chi connectivity index (χ3n) is 3.42. The molecule has 1 heterocycles. The van der Waals surface area contributed by atoms with E-state index in [4.69, 9.17) is 16.3 Å². The highest BCUT2D eigenvalue weighted by Gasteiger charge is 2.25. The lowest BCUT2D eigenvalue weighted by atomic mass is 10.1. The van der Waals surface area contributed by atoms with E-state index in [-0.39, 0.29) is 11.9 Å². The minimum absolute atomic E-state index is 0.221. The number of aryl methyl sites for hydroxylation is 1. The summed E-state index contributed by atoms with van der Waals surface area (Å²) in [5.41, 5.74) is 2.08. The molecule has 2 aromatic rings. The number of nitrogens with one attached hydrogen (secondary N) is 1. The minimum Gasteiger partial charge on any atom is -0.492 e. The van der Waals surface area contributed by atoms with Crippen molar-refractivity contribution in [2.45, 2.75) is 25.8 Å². The Bertz CT molecular complexity index is 628. The summed E-state index contributed by atoms with van der Waals surface area (Å²) in [7, 11) is 0. The van der Waals surface area contributed by atoms with Gasteiger partial charge in [0, 0.05) is 10.9 Å². The van der Waals surface area contributed by atoms with Gasteiger partial charge in [-0.3, -0.25) is 0 Å². The van der Waals surface area contributed by atoms with Crippen molar-refractivity contribution >= 4 is 28.6 Å². The number of fused-ring (bicyclic) bond motifs is 1. The minimum atomic E-state index is -0.287. The maximum Gasteiger partial charge on any atom is 0.145 e. The smallest absolute Gasteiger partial charge is 0.145 e. The second-order valence-corrected chi connectivity index (χ2v) is 6.51. The van der Waals surface area contributed by atoms with E-state index in [1.54, 1.807) is 17.4 Å². The Morgan fingerprint density at radius 3 is 3.10 bits per heavy atom. The third kappa shape index (κ3) is 2.63. The van der Waals surface area contributed by atoms with Crippen molar-refractivity contribution in [3.63, 3.8) is 0 Å². The SMILES string of the molecule is CCOc1cc(F)ccc1NC1CCc2sc(Cl)cc21. The first kappa shape index (κ1) is 13.7. The first-order valence-electron chi connectivity index (χ1n) is 6.64. The van der Waals surface area contributed by atoms with Crippen LogP contribution < -0.4 is 10.1 Å². The molecule has 1 aliphatic rings. The van der Waals surface area contributed by atoms with E-state index >= 15 is 0 Å². The van der Waals surface area contributed by atoms with E-state index < -0.39 is 0 Å². The van der Waals surface area contributed by atoms with Gasteiger partial charge in [0.25, 0.3) is 0 Å². The van der Waals surface area contributed by atoms with Gasteiger partial charge in [-0.2, -0.15) is 0 Å². The summed E-state index contributed by atoms with van der Waals surface area (Å²) in [6.07, 6.45) is 2.07. The molecular weight excluding hydrogens is 297 g/mol. The topological polar surface area (TPSA) is 21.3 Å². The standard InChI is InChI=1S/C15H15ClFNOS/c1-2-19-13-7-9(17)3-4-12(13)18-11-5-6-14-10(11)8-15(16)20-14/h3-4,7-8,11,18H,2,5-6H2,1H3. The molecule has 0 spiro atoms. The molecule has 0 saturated heterocycles. The highest BCUT2D eigenvalue weighted by atomic mass is 35.5. The van der Waals surface area contributed by atoms with Crippen molar-refractivity contribution in [2.24, 2.45) is 0 Å². The molecule has 1 unspecified atom stereocenters. The van der Waals surface area contributed by atoms with Crippen LogP contribution in [0.2, 0.25) is 4.34 Å². The second-order valence-electron chi connectivity index (χ2n) is 4.74. The van der Waals surface area contributed by atoms with Crippen LogP contribution in [0.4, 0.5) is 10.1 Å². The molecule has 1 atom stereocenters. The fourth-order valence-corrected chi connectivity index (χ4v) is 3.92. The summed E-state index contributed by atoms with van der Waals surface area (Å²) in [5, 5.41) is 3.45. The van der Waals surface area contributed by atoms with Gasteiger partial charge in [-0.25, -0.2) is 4.39 Å². The fourth-order valence-electron chi connectivity index (χ4n) is 2.56. The van der Waals surface area contributed by atoms with E-state index in [9.17, 15) is 4.39 Å². The maximum atomic E-state index is 13.3. The number of hydrogen-bond acceptors (Lipinski definition) is 3. The molecule has 0 amide bonds. The average molecular weight is 312 g/mol. The summed E-state index contributed by atoms with van der Waals surface area (Å²) in [6.45, 7) is 2.40. The Kier molecular flexibility index (Phi) is 3.85. The molecule has 1 aliphatic carbocycles. The van der Waals surface area contributed by atoms with E-state index in [1.165, 1.54) is 22.6 Å². The number of hydrogen-bond donors (Lipinski definition) is 1. The monoisotopic (exact) mass is 311 g/mol. The molecule has 1 N–H and O–H groups in total. The van der Waals surface area contributed by atoms with Crippen molar-refractivity contribution in [3.05, 3.63) is 44.9 Å². The van der Waals surface area contributed by atoms with E-state index in [0.29, 0.717) is 12.4 Å². The summed E-state index contributed by atoms with van der Waals surface area (Å²) in [6, 6.07) is 6.84. The first-order chi connectivity index (χ1) is 9.67. The molecule has 3 rings (SSSR count). The molecule has 0 bridgehead atoms. The van der Waals surface area contributed by atoms with Crippen LogP contribution in [0.1, 0.15) is 29.8 Å². The van der Waals surface area contributed by atoms with Gasteiger partial charge in [0.1, 0.15) is 11.6 Å². The van der Waals surface area contributed by atoms with Crippen LogP contribution in [0.25, 0.3) is 0 Å². The highest BCUT2D eigenvalue weighted by Crippen LogP contribution is 2.42. The quantitative estimate of drug-likeness (QED) is 0.854. The van der Waals surface area contributed by atoms with Crippen molar-refractivity contribution in [3.8, 4) is 5.75 Å². The van der Waals surface area contributed by atoms with Crippen LogP contribution in [0, 0.1) is 5.82 Å². The summed E-state index contributed by atoms with van der Waals surface area (Å²) in [5.74, 6) is 0.270. The lowest BCUT2D eigenvalue weighted by Crippen LogP contribution is -2.08. The molecule has 1 aromatic heterocycles. The van der Waals surface area contributed by atoms with Gasteiger partial charge in [0.15, 0.2) is 0 Å². The molecule has 1 aromatic carbocycles. The second kappa shape index (κ2) is 5.62. The summed E-state index contributed by atoms with van der Waals surface area (Å²) < 4.78 is 19.6. The molecule has 0 radical (unpaired) electrons. The van der Waals surface area contributed by atoms with Crippen molar-refractivity contribution in [2.75, 3.05) is 11.9 Å². The average Bonchev–Trinajstić information content (AvgIpc) is 2.93. The number of ether oxygens (including phenoxy) is 1. The van der Waals surface area contributed by atoms with Crippen LogP contribution in [0.5, 0.6) is 5.75 Å². The molecule has 0 saturated carbocycles.